The Labute approximate surface area is 858 Å². The number of halogens is 2. The number of carbonyl (C=O) groups excluding carboxylic acids is 1. The highest BCUT2D eigenvalue weighted by Crippen LogP contribution is 2.38. The molecular formula is C123H105Cl2NO21. The number of rotatable bonds is 27. The first-order chi connectivity index (χ1) is 70.9. The number of hydrogen-bond donors (Lipinski definition) is 10. The van der Waals surface area contributed by atoms with E-state index in [4.69, 9.17) is 46.9 Å². The molecule has 0 heterocycles. The number of nitrogens with zero attached hydrogens (tertiary/aromatic N) is 1. The lowest BCUT2D eigenvalue weighted by molar-refractivity contribution is 0.0681. The van der Waals surface area contributed by atoms with Crippen LogP contribution in [0.3, 0.4) is 0 Å². The summed E-state index contributed by atoms with van der Waals surface area (Å²) >= 11 is 12.0. The third kappa shape index (κ3) is 27.8. The molecule has 0 unspecified atom stereocenters. The lowest BCUT2D eigenvalue weighted by atomic mass is 9.96. The normalized spacial score (nSPS) is 11.0. The molecule has 0 spiro atoms. The number of phenols is 5. The van der Waals surface area contributed by atoms with E-state index in [1.54, 1.807) is 71.7 Å². The van der Waals surface area contributed by atoms with Gasteiger partial charge in [-0.15, -0.1) is 0 Å². The molecule has 0 aliphatic heterocycles. The van der Waals surface area contributed by atoms with Crippen molar-refractivity contribution < 1.29 is 104 Å². The number of carboxylic acids is 5. The molecule has 0 aliphatic carbocycles. The number of fused-ring (bicyclic) bond motifs is 6. The van der Waals surface area contributed by atoms with E-state index < -0.39 is 29.8 Å². The van der Waals surface area contributed by atoms with Crippen molar-refractivity contribution in [3.8, 4) is 57.5 Å². The maximum atomic E-state index is 12.8. The highest BCUT2D eigenvalue weighted by Gasteiger charge is 2.25. The summed E-state index contributed by atoms with van der Waals surface area (Å²) in [7, 11) is 7.35. The summed E-state index contributed by atoms with van der Waals surface area (Å²) in [6.45, 7) is 4.96. The molecular weight excluding hydrogens is 1900 g/mol. The fourth-order valence-corrected chi connectivity index (χ4v) is 17.2. The van der Waals surface area contributed by atoms with Crippen LogP contribution in [-0.2, 0) is 25.7 Å². The van der Waals surface area contributed by atoms with Gasteiger partial charge in [0.05, 0.1) is 41.1 Å². The molecule has 0 atom stereocenters. The molecule has 18 rings (SSSR count). The first-order valence-corrected chi connectivity index (χ1v) is 47.3. The molecule has 18 aromatic carbocycles. The van der Waals surface area contributed by atoms with Crippen molar-refractivity contribution in [1.29, 1.82) is 0 Å². The van der Waals surface area contributed by atoms with Gasteiger partial charge in [-0.2, -0.15) is 0 Å². The van der Waals surface area contributed by atoms with Crippen molar-refractivity contribution in [1.82, 2.24) is 4.90 Å². The van der Waals surface area contributed by atoms with Gasteiger partial charge in [0.1, 0.15) is 85.3 Å². The smallest absolute Gasteiger partial charge is 0.340 e. The van der Waals surface area contributed by atoms with E-state index in [1.807, 2.05) is 220 Å². The Balaban J connectivity index is 0.000000147. The van der Waals surface area contributed by atoms with Gasteiger partial charge in [-0.25, -0.2) is 24.0 Å². The van der Waals surface area contributed by atoms with Gasteiger partial charge >= 0.3 is 29.8 Å². The number of ether oxygens (including phenoxy) is 5. The van der Waals surface area contributed by atoms with Crippen LogP contribution < -0.4 is 23.7 Å². The monoisotopic (exact) mass is 2000 g/mol. The molecule has 147 heavy (non-hydrogen) atoms. The summed E-state index contributed by atoms with van der Waals surface area (Å²) in [6.07, 6.45) is 16.6. The Bertz CT molecular complexity index is 7970. The zero-order valence-corrected chi connectivity index (χ0v) is 82.7. The number of methoxy groups -OCH3 is 5. The van der Waals surface area contributed by atoms with Gasteiger partial charge in [0, 0.05) is 47.4 Å². The Hall–Kier alpha value is -18.1. The first-order valence-electron chi connectivity index (χ1n) is 46.5. The highest BCUT2D eigenvalue weighted by atomic mass is 35.5. The van der Waals surface area contributed by atoms with Gasteiger partial charge in [0.25, 0.3) is 5.91 Å². The molecule has 10 N–H and O–H groups in total. The van der Waals surface area contributed by atoms with Crippen LogP contribution in [0.1, 0.15) is 143 Å². The minimum atomic E-state index is -1.20. The molecule has 0 aliphatic rings. The van der Waals surface area contributed by atoms with Gasteiger partial charge in [-0.1, -0.05) is 302 Å². The molecule has 0 radical (unpaired) electrons. The van der Waals surface area contributed by atoms with Crippen molar-refractivity contribution in [2.45, 2.75) is 39.5 Å². The van der Waals surface area contributed by atoms with Gasteiger partial charge in [0.15, 0.2) is 0 Å². The Morgan fingerprint density at radius 2 is 0.537 bits per heavy atom. The van der Waals surface area contributed by atoms with Crippen molar-refractivity contribution in [3.05, 3.63) is 438 Å². The number of aromatic carboxylic acids is 5. The average molecular weight is 2000 g/mol. The topological polar surface area (TPSA) is 354 Å². The molecule has 0 aromatic heterocycles. The Kier molecular flexibility index (Phi) is 36.5. The Morgan fingerprint density at radius 1 is 0.259 bits per heavy atom. The SMILES string of the molecule is CCN(CC)C(=O)c1c(O)cc(O)cc1CCc1ccc2ccccc2c1.COc1cc(/C=C/c2ccc3ccccc3c2)c(C(=O)O)c(OC)c1.COc1cc(Cl)cc(/C=C/c2ccc3ccccc3c2)c1C(=O)O.COc1cc(O)c(C(=O)O)c(C=Cc2ccc3ccccc3c2)c1.COc1cc(O)c(C(=O)O)c(CCc2ccc3ccccc3c2)c1.O=C(O)c1c(O)cc(Cl)cc1/C=C/c1ccc2ccccc2c1. The molecule has 0 bridgehead atoms. The third-order valence-corrected chi connectivity index (χ3v) is 24.6. The predicted molar refractivity (Wildman–Crippen MR) is 586 cm³/mol. The number of carboxylic acid groups (broad SMARTS) is 5. The van der Waals surface area contributed by atoms with Gasteiger partial charge in [-0.05, 0) is 244 Å². The number of aromatic hydroxyl groups is 5. The Morgan fingerprint density at radius 3 is 0.884 bits per heavy atom. The van der Waals surface area contributed by atoms with Crippen molar-refractivity contribution in [2.24, 2.45) is 0 Å². The van der Waals surface area contributed by atoms with Crippen LogP contribution in [0.25, 0.3) is 113 Å². The van der Waals surface area contributed by atoms with Crippen molar-refractivity contribution in [2.75, 3.05) is 48.6 Å². The van der Waals surface area contributed by atoms with Gasteiger partial charge < -0.3 is 79.6 Å². The van der Waals surface area contributed by atoms with Crippen molar-refractivity contribution >= 4 is 172 Å². The second-order valence-electron chi connectivity index (χ2n) is 33.7. The van der Waals surface area contributed by atoms with Crippen LogP contribution >= 0.6 is 23.2 Å². The summed E-state index contributed by atoms with van der Waals surface area (Å²) in [5.41, 5.74) is 9.22. The van der Waals surface area contributed by atoms with Gasteiger partial charge in [0.2, 0.25) is 0 Å². The number of benzene rings is 18. The van der Waals surface area contributed by atoms with E-state index in [9.17, 15) is 79.8 Å². The number of carbonyl (C=O) groups is 6. The molecule has 22 nitrogen and oxygen atoms in total. The summed E-state index contributed by atoms with van der Waals surface area (Å²) in [5.74, 6) is -5.05. The summed E-state index contributed by atoms with van der Waals surface area (Å²) in [4.78, 5) is 71.8. The van der Waals surface area contributed by atoms with E-state index in [0.717, 1.165) is 81.9 Å². The predicted octanol–water partition coefficient (Wildman–Crippen LogP) is 28.1. The van der Waals surface area contributed by atoms with E-state index in [0.29, 0.717) is 94.4 Å². The minimum absolute atomic E-state index is 0.0305. The maximum absolute atomic E-state index is 12.8. The second kappa shape index (κ2) is 50.5. The summed E-state index contributed by atoms with van der Waals surface area (Å²) in [6, 6.07) is 103. The second-order valence-corrected chi connectivity index (χ2v) is 34.5. The van der Waals surface area contributed by atoms with Crippen LogP contribution in [0.15, 0.2) is 328 Å². The highest BCUT2D eigenvalue weighted by molar-refractivity contribution is 6.31. The van der Waals surface area contributed by atoms with Crippen LogP contribution in [0.4, 0.5) is 0 Å². The molecule has 18 aromatic rings. The zero-order valence-electron chi connectivity index (χ0n) is 81.2. The lowest BCUT2D eigenvalue weighted by Gasteiger charge is -2.21. The van der Waals surface area contributed by atoms with Crippen LogP contribution in [0.2, 0.25) is 10.0 Å². The van der Waals surface area contributed by atoms with E-state index >= 15 is 0 Å². The largest absolute Gasteiger partial charge is 0.508 e. The van der Waals surface area contributed by atoms with E-state index in [-0.39, 0.29) is 84.6 Å². The summed E-state index contributed by atoms with van der Waals surface area (Å²) < 4.78 is 25.8. The standard InChI is InChI=1S/C23H25NO3.C21H18O4.C20H15ClO3.C20H18O4.C20H16O4.C19H13ClO3/c1-3-24(4-2)23(27)22-19(14-20(25)15-21(22)26)12-10-16-9-11-17-7-5-6-8-18(17)13-16;1-24-18-12-17(20(21(22)23)19(13-18)25-2)10-8-14-7-9-15-5-3-4-6-16(15)11-14;1-24-18-12-17(21)11-16(19(18)20(22)23)9-7-13-6-8-14-4-2-3-5-15(14)10-13;2*1-24-17-11-16(19(20(22)23)18(21)12-17)9-7-13-6-8-14-4-2-3-5-15(14)10-13;20-16-10-15(18(19(22)23)17(21)11-16)8-6-12-5-7-13-3-1-2-4-14(13)9-12/h5-9,11,13-15,25-26H,3-4,10,12H2,1-2H3;3-13H,1-2H3,(H,22,23);2-12H,1H3,(H,22,23);2-6,8,10-12,21H,7,9H2,1H3,(H,22,23);2-12,21H,1H3,(H,22,23);1-11,21H,(H,22,23)/b;10-8+;9-7+;;;8-6+. The van der Waals surface area contributed by atoms with Gasteiger partial charge in [-0.3, -0.25) is 4.79 Å². The van der Waals surface area contributed by atoms with Crippen LogP contribution in [-0.4, -0.2) is 140 Å². The minimum Gasteiger partial charge on any atom is -0.508 e. The van der Waals surface area contributed by atoms with E-state index in [2.05, 4.69) is 66.7 Å². The summed E-state index contributed by atoms with van der Waals surface area (Å²) in [5, 5.41) is 111. The number of phenolic OH excluding ortho intramolecular Hbond substituents is 2. The number of hydrogen-bond acceptors (Lipinski definition) is 16. The average Bonchev–Trinajstić information content (AvgIpc) is 0.806. The third-order valence-electron chi connectivity index (χ3n) is 24.2. The molecule has 742 valence electrons. The quantitative estimate of drug-likeness (QED) is 0.0214. The molecule has 0 saturated heterocycles. The fourth-order valence-electron chi connectivity index (χ4n) is 16.8. The van der Waals surface area contributed by atoms with Crippen molar-refractivity contribution in [3.63, 3.8) is 0 Å². The fraction of sp³-hybridized carbons (Fsp3) is 0.106. The van der Waals surface area contributed by atoms with Crippen LogP contribution in [0.5, 0.6) is 57.5 Å². The number of aryl methyl sites for hydroxylation is 4. The van der Waals surface area contributed by atoms with E-state index in [1.165, 1.54) is 88.1 Å². The molecule has 24 heteroatoms. The van der Waals surface area contributed by atoms with Crippen LogP contribution in [0, 0.1) is 0 Å². The maximum Gasteiger partial charge on any atom is 0.340 e. The first kappa shape index (κ1) is 106. The zero-order chi connectivity index (χ0) is 105. The molecule has 1 amide bonds. The molecule has 0 saturated carbocycles. The molecule has 0 fully saturated rings. The lowest BCUT2D eigenvalue weighted by Crippen LogP contribution is -2.31. The number of amides is 1.